The Hall–Kier alpha value is -2.66. The molecular formula is C21H14F3IN2O2S. The molecule has 3 aromatic rings. The first-order valence-corrected chi connectivity index (χ1v) is 10.0. The van der Waals surface area contributed by atoms with E-state index in [1.807, 2.05) is 30.3 Å². The van der Waals surface area contributed by atoms with Gasteiger partial charge in [-0.2, -0.15) is 13.2 Å². The Morgan fingerprint density at radius 1 is 1.07 bits per heavy atom. The van der Waals surface area contributed by atoms with Crippen LogP contribution in [0.2, 0.25) is 0 Å². The number of amides is 1. The minimum Gasteiger partial charge on any atom is -0.457 e. The average molecular weight is 542 g/mol. The molecule has 0 saturated heterocycles. The zero-order valence-electron chi connectivity index (χ0n) is 15.2. The van der Waals surface area contributed by atoms with Gasteiger partial charge in [0.15, 0.2) is 5.11 Å². The highest BCUT2D eigenvalue weighted by atomic mass is 127. The van der Waals surface area contributed by atoms with E-state index < -0.39 is 17.6 Å². The third kappa shape index (κ3) is 5.92. The number of anilines is 1. The predicted octanol–water partition coefficient (Wildman–Crippen LogP) is 6.10. The van der Waals surface area contributed by atoms with Gasteiger partial charge in [0.2, 0.25) is 5.91 Å². The first-order valence-electron chi connectivity index (χ1n) is 8.54. The van der Waals surface area contributed by atoms with Crippen molar-refractivity contribution in [1.82, 2.24) is 5.32 Å². The molecule has 0 atom stereocenters. The fourth-order valence-electron chi connectivity index (χ4n) is 2.52. The number of halogens is 4. The van der Waals surface area contributed by atoms with Crippen LogP contribution in [0.5, 0.6) is 0 Å². The van der Waals surface area contributed by atoms with Gasteiger partial charge in [-0.15, -0.1) is 0 Å². The minimum atomic E-state index is -4.56. The molecule has 154 valence electrons. The van der Waals surface area contributed by atoms with Gasteiger partial charge < -0.3 is 9.73 Å². The molecule has 1 heterocycles. The molecule has 0 saturated carbocycles. The number of thiocarbonyl (C=S) groups is 1. The Bertz CT molecular complexity index is 1100. The van der Waals surface area contributed by atoms with E-state index in [0.717, 1.165) is 11.6 Å². The fraction of sp³-hybridized carbons (Fsp3) is 0.0476. The van der Waals surface area contributed by atoms with Crippen molar-refractivity contribution in [2.45, 2.75) is 6.18 Å². The molecular weight excluding hydrogens is 528 g/mol. The molecule has 2 aromatic carbocycles. The summed E-state index contributed by atoms with van der Waals surface area (Å²) in [5, 5.41) is 4.48. The Balaban J connectivity index is 1.62. The van der Waals surface area contributed by atoms with Crippen molar-refractivity contribution in [1.29, 1.82) is 0 Å². The van der Waals surface area contributed by atoms with Crippen molar-refractivity contribution in [2.24, 2.45) is 0 Å². The minimum absolute atomic E-state index is 0.240. The Morgan fingerprint density at radius 3 is 2.50 bits per heavy atom. The molecule has 1 amide bonds. The Labute approximate surface area is 189 Å². The zero-order valence-corrected chi connectivity index (χ0v) is 18.1. The molecule has 0 radical (unpaired) electrons. The second-order valence-electron chi connectivity index (χ2n) is 6.03. The second-order valence-corrected chi connectivity index (χ2v) is 7.69. The number of rotatable bonds is 4. The zero-order chi connectivity index (χ0) is 21.7. The number of nitrogens with one attached hydrogen (secondary N) is 2. The van der Waals surface area contributed by atoms with Crippen molar-refractivity contribution >= 4 is 57.6 Å². The summed E-state index contributed by atoms with van der Waals surface area (Å²) in [5.74, 6) is 0.482. The van der Waals surface area contributed by atoms with Gasteiger partial charge in [-0.25, -0.2) is 0 Å². The molecule has 0 bridgehead atoms. The van der Waals surface area contributed by atoms with E-state index >= 15 is 0 Å². The lowest BCUT2D eigenvalue weighted by Crippen LogP contribution is -2.33. The highest BCUT2D eigenvalue weighted by molar-refractivity contribution is 14.1. The lowest BCUT2D eigenvalue weighted by atomic mass is 10.1. The second kappa shape index (κ2) is 9.43. The topological polar surface area (TPSA) is 54.3 Å². The first-order chi connectivity index (χ1) is 14.2. The van der Waals surface area contributed by atoms with Gasteiger partial charge >= 0.3 is 6.18 Å². The van der Waals surface area contributed by atoms with Gasteiger partial charge in [0.25, 0.3) is 0 Å². The monoisotopic (exact) mass is 542 g/mol. The van der Waals surface area contributed by atoms with Crippen LogP contribution in [-0.4, -0.2) is 11.0 Å². The van der Waals surface area contributed by atoms with E-state index in [1.165, 1.54) is 24.3 Å². The molecule has 0 unspecified atom stereocenters. The van der Waals surface area contributed by atoms with Crippen molar-refractivity contribution in [3.63, 3.8) is 0 Å². The molecule has 0 aliphatic heterocycles. The molecule has 3 rings (SSSR count). The molecule has 2 N–H and O–H groups in total. The molecule has 0 aliphatic rings. The largest absolute Gasteiger partial charge is 0.457 e. The summed E-state index contributed by atoms with van der Waals surface area (Å²) < 4.78 is 45.6. The molecule has 4 nitrogen and oxygen atoms in total. The van der Waals surface area contributed by atoms with Gasteiger partial charge in [0.05, 0.1) is 11.3 Å². The normalized spacial score (nSPS) is 11.5. The molecule has 0 aliphatic carbocycles. The van der Waals surface area contributed by atoms with Crippen molar-refractivity contribution in [3.05, 3.63) is 81.6 Å². The van der Waals surface area contributed by atoms with Gasteiger partial charge in [-0.1, -0.05) is 30.3 Å². The van der Waals surface area contributed by atoms with E-state index in [4.69, 9.17) is 16.6 Å². The third-order valence-electron chi connectivity index (χ3n) is 3.86. The van der Waals surface area contributed by atoms with Crippen LogP contribution >= 0.6 is 34.8 Å². The average Bonchev–Trinajstić information content (AvgIpc) is 3.17. The van der Waals surface area contributed by atoms with Crippen LogP contribution in [-0.2, 0) is 11.0 Å². The summed E-state index contributed by atoms with van der Waals surface area (Å²) in [6.45, 7) is 0. The summed E-state index contributed by atoms with van der Waals surface area (Å²) in [5.41, 5.74) is -0.216. The van der Waals surface area contributed by atoms with Crippen molar-refractivity contribution in [2.75, 3.05) is 5.32 Å². The molecule has 0 spiro atoms. The third-order valence-corrected chi connectivity index (χ3v) is 4.73. The SMILES string of the molecule is O=C(/C=C/c1ccc(-c2ccccc2)o1)NC(=S)Nc1ccc(I)cc1C(F)(F)F. The van der Waals surface area contributed by atoms with Crippen LogP contribution in [0.15, 0.2) is 71.2 Å². The first kappa shape index (κ1) is 22.0. The number of furan rings is 1. The highest BCUT2D eigenvalue weighted by Crippen LogP contribution is 2.35. The lowest BCUT2D eigenvalue weighted by molar-refractivity contribution is -0.137. The maximum absolute atomic E-state index is 13.2. The van der Waals surface area contributed by atoms with E-state index in [0.29, 0.717) is 15.1 Å². The van der Waals surface area contributed by atoms with E-state index in [9.17, 15) is 18.0 Å². The standard InChI is InChI=1S/C21H14F3IN2O2S/c22-21(23,24)16-12-14(25)6-9-17(16)26-20(30)27-19(28)11-8-15-7-10-18(29-15)13-4-2-1-3-5-13/h1-12H,(H2,26,27,28,30)/b11-8+. The highest BCUT2D eigenvalue weighted by Gasteiger charge is 2.34. The summed E-state index contributed by atoms with van der Waals surface area (Å²) in [6, 6.07) is 16.7. The van der Waals surface area contributed by atoms with Crippen molar-refractivity contribution < 1.29 is 22.4 Å². The maximum Gasteiger partial charge on any atom is 0.418 e. The number of benzene rings is 2. The van der Waals surface area contributed by atoms with Gasteiger partial charge in [-0.05, 0) is 71.2 Å². The number of hydrogen-bond acceptors (Lipinski definition) is 3. The smallest absolute Gasteiger partial charge is 0.418 e. The van der Waals surface area contributed by atoms with Crippen LogP contribution in [0.25, 0.3) is 17.4 Å². The van der Waals surface area contributed by atoms with E-state index in [1.54, 1.807) is 34.7 Å². The van der Waals surface area contributed by atoms with Gasteiger partial charge in [0, 0.05) is 15.2 Å². The van der Waals surface area contributed by atoms with Crippen LogP contribution < -0.4 is 10.6 Å². The number of carbonyl (C=O) groups excluding carboxylic acids is 1. The quantitative estimate of drug-likeness (QED) is 0.238. The van der Waals surface area contributed by atoms with Crippen LogP contribution in [0.1, 0.15) is 11.3 Å². The maximum atomic E-state index is 13.2. The lowest BCUT2D eigenvalue weighted by Gasteiger charge is -2.15. The Morgan fingerprint density at radius 2 is 1.80 bits per heavy atom. The summed E-state index contributed by atoms with van der Waals surface area (Å²) in [6.07, 6.45) is -1.94. The number of alkyl halides is 3. The molecule has 30 heavy (non-hydrogen) atoms. The van der Waals surface area contributed by atoms with Crippen molar-refractivity contribution in [3.8, 4) is 11.3 Å². The Kier molecular flexibility index (Phi) is 6.93. The van der Waals surface area contributed by atoms with Crippen LogP contribution in [0, 0.1) is 3.57 Å². The summed E-state index contributed by atoms with van der Waals surface area (Å²) >= 11 is 6.75. The summed E-state index contributed by atoms with van der Waals surface area (Å²) in [7, 11) is 0. The number of hydrogen-bond donors (Lipinski definition) is 2. The van der Waals surface area contributed by atoms with E-state index in [-0.39, 0.29) is 10.8 Å². The van der Waals surface area contributed by atoms with E-state index in [2.05, 4.69) is 10.6 Å². The van der Waals surface area contributed by atoms with Gasteiger partial charge in [-0.3, -0.25) is 10.1 Å². The molecule has 9 heteroatoms. The predicted molar refractivity (Wildman–Crippen MR) is 122 cm³/mol. The van der Waals surface area contributed by atoms with Crippen LogP contribution in [0.3, 0.4) is 0 Å². The fourth-order valence-corrected chi connectivity index (χ4v) is 3.23. The van der Waals surface area contributed by atoms with Gasteiger partial charge in [0.1, 0.15) is 11.5 Å². The molecule has 1 aromatic heterocycles. The molecule has 0 fully saturated rings. The number of carbonyl (C=O) groups is 1. The summed E-state index contributed by atoms with van der Waals surface area (Å²) in [4.78, 5) is 12.0. The van der Waals surface area contributed by atoms with Crippen LogP contribution in [0.4, 0.5) is 18.9 Å².